The van der Waals surface area contributed by atoms with Gasteiger partial charge in [-0.3, -0.25) is 4.79 Å². The average Bonchev–Trinajstić information content (AvgIpc) is 2.32. The summed E-state index contributed by atoms with van der Waals surface area (Å²) in [7, 11) is 0. The van der Waals surface area contributed by atoms with Gasteiger partial charge in [-0.05, 0) is 27.7 Å². The Hall–Kier alpha value is -1.18. The summed E-state index contributed by atoms with van der Waals surface area (Å²) in [5.41, 5.74) is 0. The molecule has 3 unspecified atom stereocenters. The van der Waals surface area contributed by atoms with E-state index in [4.69, 9.17) is 19.3 Å². The van der Waals surface area contributed by atoms with Gasteiger partial charge in [-0.25, -0.2) is 4.79 Å². The van der Waals surface area contributed by atoms with Gasteiger partial charge >= 0.3 is 11.9 Å². The molecular weight excluding hydrogens is 268 g/mol. The fourth-order valence-electron chi connectivity index (χ4n) is 1.24. The highest BCUT2D eigenvalue weighted by molar-refractivity contribution is 5.80. The van der Waals surface area contributed by atoms with E-state index in [1.54, 1.807) is 6.92 Å². The predicted molar refractivity (Wildman–Crippen MR) is 70.3 cm³/mol. The van der Waals surface area contributed by atoms with Crippen LogP contribution >= 0.6 is 0 Å². The van der Waals surface area contributed by atoms with Gasteiger partial charge in [0.2, 0.25) is 0 Å². The lowest BCUT2D eigenvalue weighted by molar-refractivity contribution is -0.165. The largest absolute Gasteiger partial charge is 0.481 e. The molecule has 0 saturated heterocycles. The van der Waals surface area contributed by atoms with Gasteiger partial charge in [-0.1, -0.05) is 0 Å². The van der Waals surface area contributed by atoms with E-state index in [2.05, 4.69) is 0 Å². The summed E-state index contributed by atoms with van der Waals surface area (Å²) >= 11 is 0. The van der Waals surface area contributed by atoms with Gasteiger partial charge in [0.05, 0.1) is 31.8 Å². The summed E-state index contributed by atoms with van der Waals surface area (Å²) in [4.78, 5) is 21.7. The Bertz CT molecular complexity index is 303. The highest BCUT2D eigenvalue weighted by Crippen LogP contribution is 2.03. The average molecular weight is 292 g/mol. The van der Waals surface area contributed by atoms with Crippen LogP contribution in [0.15, 0.2) is 0 Å². The van der Waals surface area contributed by atoms with Crippen molar-refractivity contribution in [1.29, 1.82) is 0 Å². The van der Waals surface area contributed by atoms with Gasteiger partial charge in [0.15, 0.2) is 6.10 Å². The van der Waals surface area contributed by atoms with Crippen molar-refractivity contribution in [3.05, 3.63) is 0 Å². The summed E-state index contributed by atoms with van der Waals surface area (Å²) in [6.07, 6.45) is -2.94. The Kier molecular flexibility index (Phi) is 9.11. The van der Waals surface area contributed by atoms with Gasteiger partial charge < -0.3 is 24.4 Å². The maximum atomic E-state index is 11.3. The Morgan fingerprint density at radius 1 is 1.00 bits per heavy atom. The molecule has 0 spiro atoms. The van der Waals surface area contributed by atoms with E-state index < -0.39 is 30.6 Å². The van der Waals surface area contributed by atoms with E-state index in [0.29, 0.717) is 6.61 Å². The molecule has 20 heavy (non-hydrogen) atoms. The molecule has 0 bridgehead atoms. The lowest BCUT2D eigenvalue weighted by Gasteiger charge is -2.19. The van der Waals surface area contributed by atoms with Crippen molar-refractivity contribution in [3.8, 4) is 0 Å². The van der Waals surface area contributed by atoms with Crippen molar-refractivity contribution in [1.82, 2.24) is 0 Å². The second-order valence-electron chi connectivity index (χ2n) is 4.89. The van der Waals surface area contributed by atoms with Crippen molar-refractivity contribution in [2.75, 3.05) is 13.2 Å². The molecule has 0 aliphatic rings. The Morgan fingerprint density at radius 2 is 1.55 bits per heavy atom. The minimum Gasteiger partial charge on any atom is -0.481 e. The highest BCUT2D eigenvalue weighted by atomic mass is 16.6. The number of aliphatic hydroxyl groups is 1. The number of aliphatic carboxylic acids is 1. The SMILES string of the molecule is CC(C)OCC(C)OCC(C)OC(=O)C(O)CC(=O)O. The Morgan fingerprint density at radius 3 is 2.05 bits per heavy atom. The van der Waals surface area contributed by atoms with Crippen LogP contribution in [0.5, 0.6) is 0 Å². The highest BCUT2D eigenvalue weighted by Gasteiger charge is 2.22. The number of carboxylic acids is 1. The molecule has 0 aromatic rings. The van der Waals surface area contributed by atoms with E-state index in [1.807, 2.05) is 20.8 Å². The normalized spacial score (nSPS) is 15.7. The third-order valence-electron chi connectivity index (χ3n) is 2.24. The monoisotopic (exact) mass is 292 g/mol. The molecule has 7 heteroatoms. The van der Waals surface area contributed by atoms with E-state index in [1.165, 1.54) is 0 Å². The molecule has 0 fully saturated rings. The molecule has 7 nitrogen and oxygen atoms in total. The van der Waals surface area contributed by atoms with Crippen LogP contribution in [0, 0.1) is 0 Å². The standard InChI is InChI=1S/C13H24O7/c1-8(2)18-6-9(3)19-7-10(4)20-13(17)11(14)5-12(15)16/h8-11,14H,5-7H2,1-4H3,(H,15,16). The Balaban J connectivity index is 3.89. The van der Waals surface area contributed by atoms with Crippen LogP contribution in [-0.2, 0) is 23.8 Å². The van der Waals surface area contributed by atoms with Crippen LogP contribution in [-0.4, -0.2) is 59.8 Å². The summed E-state index contributed by atoms with van der Waals surface area (Å²) < 4.78 is 15.6. The number of aliphatic hydroxyl groups excluding tert-OH is 1. The van der Waals surface area contributed by atoms with Crippen LogP contribution < -0.4 is 0 Å². The molecule has 0 aromatic carbocycles. The summed E-state index contributed by atoms with van der Waals surface area (Å²) in [5, 5.41) is 17.7. The van der Waals surface area contributed by atoms with Gasteiger partial charge in [0.1, 0.15) is 6.10 Å². The van der Waals surface area contributed by atoms with Crippen LogP contribution in [0.3, 0.4) is 0 Å². The minimum absolute atomic E-state index is 0.113. The van der Waals surface area contributed by atoms with Crippen molar-refractivity contribution in [2.45, 2.75) is 58.5 Å². The molecule has 118 valence electrons. The van der Waals surface area contributed by atoms with Gasteiger partial charge in [-0.15, -0.1) is 0 Å². The van der Waals surface area contributed by atoms with E-state index in [0.717, 1.165) is 0 Å². The van der Waals surface area contributed by atoms with Gasteiger partial charge in [-0.2, -0.15) is 0 Å². The van der Waals surface area contributed by atoms with E-state index in [-0.39, 0.29) is 18.8 Å². The number of esters is 1. The van der Waals surface area contributed by atoms with Crippen LogP contribution in [0.25, 0.3) is 0 Å². The molecular formula is C13H24O7. The van der Waals surface area contributed by atoms with Crippen LogP contribution in [0.2, 0.25) is 0 Å². The molecule has 0 aromatic heterocycles. The van der Waals surface area contributed by atoms with E-state index in [9.17, 15) is 14.7 Å². The third-order valence-corrected chi connectivity index (χ3v) is 2.24. The molecule has 0 amide bonds. The van der Waals surface area contributed by atoms with Gasteiger partial charge in [0, 0.05) is 0 Å². The topological polar surface area (TPSA) is 102 Å². The number of ether oxygens (including phenoxy) is 3. The Labute approximate surface area is 118 Å². The van der Waals surface area contributed by atoms with Crippen LogP contribution in [0.1, 0.15) is 34.1 Å². The van der Waals surface area contributed by atoms with Crippen molar-refractivity contribution >= 4 is 11.9 Å². The fraction of sp³-hybridized carbons (Fsp3) is 0.846. The number of carbonyl (C=O) groups excluding carboxylic acids is 1. The zero-order chi connectivity index (χ0) is 15.7. The first-order valence-corrected chi connectivity index (χ1v) is 6.56. The first kappa shape index (κ1) is 18.8. The zero-order valence-electron chi connectivity index (χ0n) is 12.4. The predicted octanol–water partition coefficient (Wildman–Crippen LogP) is 0.584. The first-order valence-electron chi connectivity index (χ1n) is 6.56. The number of carboxylic acid groups (broad SMARTS) is 1. The number of rotatable bonds is 10. The summed E-state index contributed by atoms with van der Waals surface area (Å²) in [6.45, 7) is 7.84. The minimum atomic E-state index is -1.66. The molecule has 0 saturated carbocycles. The lowest BCUT2D eigenvalue weighted by Crippen LogP contribution is -2.32. The molecule has 3 atom stereocenters. The molecule has 0 aliphatic carbocycles. The van der Waals surface area contributed by atoms with Gasteiger partial charge in [0.25, 0.3) is 0 Å². The van der Waals surface area contributed by atoms with E-state index >= 15 is 0 Å². The second kappa shape index (κ2) is 9.68. The molecule has 0 rings (SSSR count). The molecule has 0 radical (unpaired) electrons. The fourth-order valence-corrected chi connectivity index (χ4v) is 1.24. The smallest absolute Gasteiger partial charge is 0.335 e. The third kappa shape index (κ3) is 9.71. The van der Waals surface area contributed by atoms with Crippen molar-refractivity contribution < 1.29 is 34.0 Å². The lowest BCUT2D eigenvalue weighted by atomic mass is 10.2. The number of hydrogen-bond acceptors (Lipinski definition) is 6. The quantitative estimate of drug-likeness (QED) is 0.568. The molecule has 0 aliphatic heterocycles. The summed E-state index contributed by atoms with van der Waals surface area (Å²) in [6, 6.07) is 0. The first-order chi connectivity index (χ1) is 9.22. The second-order valence-corrected chi connectivity index (χ2v) is 4.89. The van der Waals surface area contributed by atoms with Crippen molar-refractivity contribution in [2.24, 2.45) is 0 Å². The number of hydrogen-bond donors (Lipinski definition) is 2. The summed E-state index contributed by atoms with van der Waals surface area (Å²) in [5.74, 6) is -2.23. The molecule has 2 N–H and O–H groups in total. The molecule has 0 heterocycles. The maximum absolute atomic E-state index is 11.3. The van der Waals surface area contributed by atoms with Crippen molar-refractivity contribution in [3.63, 3.8) is 0 Å². The number of carbonyl (C=O) groups is 2. The van der Waals surface area contributed by atoms with Crippen LogP contribution in [0.4, 0.5) is 0 Å². The maximum Gasteiger partial charge on any atom is 0.335 e. The zero-order valence-corrected chi connectivity index (χ0v) is 12.4.